The van der Waals surface area contributed by atoms with Gasteiger partial charge >= 0.3 is 0 Å². The molecular formula is C10H16O. The second kappa shape index (κ2) is 2.63. The second-order valence-electron chi connectivity index (χ2n) is 4.08. The zero-order valence-electron chi connectivity index (χ0n) is 6.87. The zero-order chi connectivity index (χ0) is 7.84. The van der Waals surface area contributed by atoms with Crippen LogP contribution in [0.4, 0.5) is 0 Å². The Kier molecular flexibility index (Phi) is 1.76. The summed E-state index contributed by atoms with van der Waals surface area (Å²) < 4.78 is 0. The molecular weight excluding hydrogens is 136 g/mol. The van der Waals surface area contributed by atoms with Crippen LogP contribution in [-0.4, -0.2) is 11.2 Å². The molecule has 1 N–H and O–H groups in total. The lowest BCUT2D eigenvalue weighted by Gasteiger charge is -2.23. The van der Waals surface area contributed by atoms with E-state index in [0.29, 0.717) is 5.92 Å². The van der Waals surface area contributed by atoms with Gasteiger partial charge in [0, 0.05) is 0 Å². The molecule has 0 aromatic rings. The molecule has 1 heteroatoms. The molecule has 2 bridgehead atoms. The average molecular weight is 152 g/mol. The molecule has 2 rings (SSSR count). The smallest absolute Gasteiger partial charge is 0.0571 e. The number of rotatable bonds is 2. The minimum atomic E-state index is 0.0288. The van der Waals surface area contributed by atoms with E-state index >= 15 is 0 Å². The lowest BCUT2D eigenvalue weighted by molar-refractivity contribution is 0.0956. The predicted molar refractivity (Wildman–Crippen MR) is 45.1 cm³/mol. The van der Waals surface area contributed by atoms with Crippen molar-refractivity contribution in [2.24, 2.45) is 17.8 Å². The minimum Gasteiger partial charge on any atom is -0.393 e. The molecule has 1 nitrogen and oxygen atoms in total. The van der Waals surface area contributed by atoms with Crippen molar-refractivity contribution in [3.63, 3.8) is 0 Å². The van der Waals surface area contributed by atoms with Crippen LogP contribution in [0.2, 0.25) is 0 Å². The number of hydrogen-bond acceptors (Lipinski definition) is 1. The molecule has 62 valence electrons. The van der Waals surface area contributed by atoms with E-state index in [1.165, 1.54) is 12.8 Å². The Bertz CT molecular complexity index is 162. The summed E-state index contributed by atoms with van der Waals surface area (Å²) in [6.45, 7) is 3.76. The molecule has 0 saturated heterocycles. The fraction of sp³-hybridized carbons (Fsp3) is 0.800. The average Bonchev–Trinajstić information content (AvgIpc) is 2.47. The molecule has 4 atom stereocenters. The van der Waals surface area contributed by atoms with E-state index in [2.05, 4.69) is 6.58 Å². The Hall–Kier alpha value is -0.300. The highest BCUT2D eigenvalue weighted by Crippen LogP contribution is 2.49. The number of hydrogen-bond donors (Lipinski definition) is 1. The summed E-state index contributed by atoms with van der Waals surface area (Å²) in [6, 6.07) is 0. The van der Waals surface area contributed by atoms with Crippen molar-refractivity contribution in [1.29, 1.82) is 0 Å². The summed E-state index contributed by atoms with van der Waals surface area (Å²) in [6.07, 6.45) is 6.80. The maximum atomic E-state index is 9.48. The van der Waals surface area contributed by atoms with E-state index in [1.54, 1.807) is 0 Å². The SMILES string of the molecule is C=CC[C@@H]1C[C@H]2C[C@@H]1C[C@H]2O. The molecule has 0 aromatic heterocycles. The normalized spacial score (nSPS) is 48.1. The first-order valence-electron chi connectivity index (χ1n) is 4.60. The molecule has 2 aliphatic carbocycles. The van der Waals surface area contributed by atoms with E-state index < -0.39 is 0 Å². The Morgan fingerprint density at radius 3 is 2.55 bits per heavy atom. The van der Waals surface area contributed by atoms with E-state index in [0.717, 1.165) is 24.7 Å². The van der Waals surface area contributed by atoms with Crippen LogP contribution in [0, 0.1) is 17.8 Å². The monoisotopic (exact) mass is 152 g/mol. The van der Waals surface area contributed by atoms with Crippen LogP contribution in [-0.2, 0) is 0 Å². The van der Waals surface area contributed by atoms with E-state index in [-0.39, 0.29) is 6.10 Å². The third-order valence-electron chi connectivity index (χ3n) is 3.44. The minimum absolute atomic E-state index is 0.0288. The standard InChI is InChI=1S/C10H16O/c1-2-3-7-4-9-5-8(7)6-10(9)11/h2,7-11H,1,3-6H2/t7-,8-,9+,10-/m1/s1. The van der Waals surface area contributed by atoms with Crippen LogP contribution in [0.25, 0.3) is 0 Å². The van der Waals surface area contributed by atoms with Gasteiger partial charge in [0.25, 0.3) is 0 Å². The number of fused-ring (bicyclic) bond motifs is 2. The van der Waals surface area contributed by atoms with Crippen molar-refractivity contribution in [2.45, 2.75) is 31.8 Å². The molecule has 11 heavy (non-hydrogen) atoms. The van der Waals surface area contributed by atoms with Gasteiger partial charge in [-0.1, -0.05) is 6.08 Å². The summed E-state index contributed by atoms with van der Waals surface area (Å²) in [5.74, 6) is 2.29. The van der Waals surface area contributed by atoms with Crippen LogP contribution >= 0.6 is 0 Å². The van der Waals surface area contributed by atoms with Crippen LogP contribution in [0.5, 0.6) is 0 Å². The van der Waals surface area contributed by atoms with Gasteiger partial charge in [0.2, 0.25) is 0 Å². The van der Waals surface area contributed by atoms with E-state index in [1.807, 2.05) is 6.08 Å². The first kappa shape index (κ1) is 7.35. The Labute approximate surface area is 68.1 Å². The van der Waals surface area contributed by atoms with Gasteiger partial charge in [-0.05, 0) is 43.4 Å². The highest BCUT2D eigenvalue weighted by Gasteiger charge is 2.44. The van der Waals surface area contributed by atoms with Crippen LogP contribution in [0.15, 0.2) is 12.7 Å². The highest BCUT2D eigenvalue weighted by atomic mass is 16.3. The molecule has 2 saturated carbocycles. The van der Waals surface area contributed by atoms with Gasteiger partial charge in [-0.25, -0.2) is 0 Å². The Balaban J connectivity index is 1.97. The third kappa shape index (κ3) is 1.12. The van der Waals surface area contributed by atoms with Gasteiger partial charge in [0.05, 0.1) is 6.10 Å². The molecule has 2 aliphatic rings. The number of aliphatic hydroxyl groups excluding tert-OH is 1. The quantitative estimate of drug-likeness (QED) is 0.600. The summed E-state index contributed by atoms with van der Waals surface area (Å²) in [4.78, 5) is 0. The molecule has 0 unspecified atom stereocenters. The van der Waals surface area contributed by atoms with Gasteiger partial charge in [-0.2, -0.15) is 0 Å². The fourth-order valence-electron chi connectivity index (χ4n) is 2.87. The predicted octanol–water partition coefficient (Wildman–Crippen LogP) is 1.97. The van der Waals surface area contributed by atoms with Crippen molar-refractivity contribution in [2.75, 3.05) is 0 Å². The summed E-state index contributed by atoms with van der Waals surface area (Å²) in [5.41, 5.74) is 0. The van der Waals surface area contributed by atoms with Crippen molar-refractivity contribution < 1.29 is 5.11 Å². The van der Waals surface area contributed by atoms with Crippen molar-refractivity contribution >= 4 is 0 Å². The molecule has 0 radical (unpaired) electrons. The fourth-order valence-corrected chi connectivity index (χ4v) is 2.87. The van der Waals surface area contributed by atoms with Gasteiger partial charge in [0.1, 0.15) is 0 Å². The molecule has 0 amide bonds. The summed E-state index contributed by atoms with van der Waals surface area (Å²) in [5, 5.41) is 9.48. The lowest BCUT2D eigenvalue weighted by Crippen LogP contribution is -2.21. The molecule has 0 aliphatic heterocycles. The maximum Gasteiger partial charge on any atom is 0.0571 e. The van der Waals surface area contributed by atoms with E-state index in [4.69, 9.17) is 0 Å². The lowest BCUT2D eigenvalue weighted by atomic mass is 9.85. The van der Waals surface area contributed by atoms with E-state index in [9.17, 15) is 5.11 Å². The Morgan fingerprint density at radius 2 is 2.09 bits per heavy atom. The molecule has 0 aromatic carbocycles. The first-order chi connectivity index (χ1) is 5.31. The number of aliphatic hydroxyl groups is 1. The number of allylic oxidation sites excluding steroid dienone is 1. The van der Waals surface area contributed by atoms with Crippen molar-refractivity contribution in [3.05, 3.63) is 12.7 Å². The van der Waals surface area contributed by atoms with Crippen LogP contribution < -0.4 is 0 Å². The van der Waals surface area contributed by atoms with Gasteiger partial charge < -0.3 is 5.11 Å². The molecule has 0 spiro atoms. The maximum absolute atomic E-state index is 9.48. The van der Waals surface area contributed by atoms with Gasteiger partial charge in [-0.15, -0.1) is 6.58 Å². The zero-order valence-corrected chi connectivity index (χ0v) is 6.87. The molecule has 2 fully saturated rings. The summed E-state index contributed by atoms with van der Waals surface area (Å²) in [7, 11) is 0. The van der Waals surface area contributed by atoms with Crippen molar-refractivity contribution in [1.82, 2.24) is 0 Å². The largest absolute Gasteiger partial charge is 0.393 e. The van der Waals surface area contributed by atoms with Gasteiger partial charge in [-0.3, -0.25) is 0 Å². The van der Waals surface area contributed by atoms with Crippen LogP contribution in [0.3, 0.4) is 0 Å². The van der Waals surface area contributed by atoms with Gasteiger partial charge in [0.15, 0.2) is 0 Å². The van der Waals surface area contributed by atoms with Crippen LogP contribution in [0.1, 0.15) is 25.7 Å². The third-order valence-corrected chi connectivity index (χ3v) is 3.44. The first-order valence-corrected chi connectivity index (χ1v) is 4.60. The molecule has 0 heterocycles. The second-order valence-corrected chi connectivity index (χ2v) is 4.08. The summed E-state index contributed by atoms with van der Waals surface area (Å²) >= 11 is 0. The highest BCUT2D eigenvalue weighted by molar-refractivity contribution is 4.96. The Morgan fingerprint density at radius 1 is 1.27 bits per heavy atom. The topological polar surface area (TPSA) is 20.2 Å². The van der Waals surface area contributed by atoms with Crippen molar-refractivity contribution in [3.8, 4) is 0 Å².